The maximum Gasteiger partial charge on any atom is 0.315 e. The van der Waals surface area contributed by atoms with Gasteiger partial charge in [0, 0.05) is 19.1 Å². The predicted molar refractivity (Wildman–Crippen MR) is 81.7 cm³/mol. The summed E-state index contributed by atoms with van der Waals surface area (Å²) in [7, 11) is 0. The first kappa shape index (κ1) is 17.2. The van der Waals surface area contributed by atoms with Crippen molar-refractivity contribution in [1.82, 2.24) is 15.5 Å². The molecule has 5 nitrogen and oxygen atoms in total. The predicted octanol–water partition coefficient (Wildman–Crippen LogP) is 1.57. The summed E-state index contributed by atoms with van der Waals surface area (Å²) < 4.78 is 0. The third-order valence-corrected chi connectivity index (χ3v) is 3.94. The van der Waals surface area contributed by atoms with E-state index in [4.69, 9.17) is 0 Å². The number of nitrogens with zero attached hydrogens (tertiary/aromatic N) is 1. The van der Waals surface area contributed by atoms with Crippen LogP contribution in [0.15, 0.2) is 0 Å². The first-order valence-corrected chi connectivity index (χ1v) is 7.92. The molecule has 5 heteroatoms. The summed E-state index contributed by atoms with van der Waals surface area (Å²) in [4.78, 5) is 14.2. The van der Waals surface area contributed by atoms with E-state index in [1.807, 2.05) is 0 Å². The lowest BCUT2D eigenvalue weighted by molar-refractivity contribution is 0.160. The van der Waals surface area contributed by atoms with E-state index in [0.29, 0.717) is 18.5 Å². The number of likely N-dealkylation sites (tertiary alicyclic amines) is 1. The zero-order chi connectivity index (χ0) is 15.0. The van der Waals surface area contributed by atoms with Crippen molar-refractivity contribution in [2.45, 2.75) is 58.5 Å². The topological polar surface area (TPSA) is 64.6 Å². The Morgan fingerprint density at radius 3 is 2.75 bits per heavy atom. The zero-order valence-corrected chi connectivity index (χ0v) is 13.2. The van der Waals surface area contributed by atoms with Crippen molar-refractivity contribution in [1.29, 1.82) is 0 Å². The SMILES string of the molecule is CC(C)C[C@H](CO)NC(=O)NCCN1CCCC[C@@H]1C. The summed E-state index contributed by atoms with van der Waals surface area (Å²) in [6.07, 6.45) is 4.64. The van der Waals surface area contributed by atoms with E-state index in [1.165, 1.54) is 19.3 Å². The molecule has 3 N–H and O–H groups in total. The van der Waals surface area contributed by atoms with Gasteiger partial charge >= 0.3 is 6.03 Å². The Labute approximate surface area is 123 Å². The van der Waals surface area contributed by atoms with Crippen LogP contribution in [0.25, 0.3) is 0 Å². The number of carbonyl (C=O) groups is 1. The molecule has 1 saturated heterocycles. The van der Waals surface area contributed by atoms with Gasteiger partial charge in [0.05, 0.1) is 12.6 Å². The Hall–Kier alpha value is -0.810. The van der Waals surface area contributed by atoms with Crippen LogP contribution < -0.4 is 10.6 Å². The second-order valence-electron chi connectivity index (χ2n) is 6.29. The molecule has 2 atom stereocenters. The fourth-order valence-corrected chi connectivity index (χ4v) is 2.79. The lowest BCUT2D eigenvalue weighted by Gasteiger charge is -2.33. The molecule has 0 bridgehead atoms. The van der Waals surface area contributed by atoms with Crippen molar-refractivity contribution in [2.24, 2.45) is 5.92 Å². The summed E-state index contributed by atoms with van der Waals surface area (Å²) in [6.45, 7) is 9.12. The Bertz CT molecular complexity index is 284. The fourth-order valence-electron chi connectivity index (χ4n) is 2.79. The molecule has 0 saturated carbocycles. The zero-order valence-electron chi connectivity index (χ0n) is 13.2. The van der Waals surface area contributed by atoms with Crippen molar-refractivity contribution < 1.29 is 9.90 Å². The maximum atomic E-state index is 11.8. The van der Waals surface area contributed by atoms with Crippen molar-refractivity contribution in [3.05, 3.63) is 0 Å². The second kappa shape index (κ2) is 9.19. The van der Waals surface area contributed by atoms with E-state index >= 15 is 0 Å². The Morgan fingerprint density at radius 2 is 2.15 bits per heavy atom. The summed E-state index contributed by atoms with van der Waals surface area (Å²) in [5, 5.41) is 15.0. The number of nitrogens with one attached hydrogen (secondary N) is 2. The van der Waals surface area contributed by atoms with Crippen molar-refractivity contribution in [3.8, 4) is 0 Å². The lowest BCUT2D eigenvalue weighted by Crippen LogP contribution is -2.47. The molecule has 118 valence electrons. The van der Waals surface area contributed by atoms with Crippen LogP contribution in [0.5, 0.6) is 0 Å². The van der Waals surface area contributed by atoms with Crippen molar-refractivity contribution >= 4 is 6.03 Å². The van der Waals surface area contributed by atoms with E-state index in [9.17, 15) is 9.90 Å². The van der Waals surface area contributed by atoms with E-state index in [2.05, 4.69) is 36.3 Å². The van der Waals surface area contributed by atoms with Crippen molar-refractivity contribution in [2.75, 3.05) is 26.2 Å². The van der Waals surface area contributed by atoms with Crippen LogP contribution in [0.1, 0.15) is 46.5 Å². The molecule has 0 spiro atoms. The number of urea groups is 1. The third kappa shape index (κ3) is 6.57. The molecule has 2 amide bonds. The van der Waals surface area contributed by atoms with Gasteiger partial charge in [0.1, 0.15) is 0 Å². The average Bonchev–Trinajstić information content (AvgIpc) is 2.39. The van der Waals surface area contributed by atoms with E-state index in [1.54, 1.807) is 0 Å². The minimum Gasteiger partial charge on any atom is -0.394 e. The Kier molecular flexibility index (Phi) is 7.92. The monoisotopic (exact) mass is 285 g/mol. The number of aliphatic hydroxyl groups is 1. The highest BCUT2D eigenvalue weighted by Gasteiger charge is 2.18. The van der Waals surface area contributed by atoms with Crippen molar-refractivity contribution in [3.63, 3.8) is 0 Å². The second-order valence-corrected chi connectivity index (χ2v) is 6.29. The largest absolute Gasteiger partial charge is 0.394 e. The molecular formula is C15H31N3O2. The van der Waals surface area contributed by atoms with Crippen LogP contribution >= 0.6 is 0 Å². The minimum absolute atomic E-state index is 0.00520. The van der Waals surface area contributed by atoms with Crippen LogP contribution in [-0.4, -0.2) is 54.4 Å². The molecule has 0 unspecified atom stereocenters. The highest BCUT2D eigenvalue weighted by molar-refractivity contribution is 5.74. The van der Waals surface area contributed by atoms with E-state index in [0.717, 1.165) is 19.5 Å². The highest BCUT2D eigenvalue weighted by atomic mass is 16.3. The van der Waals surface area contributed by atoms with Gasteiger partial charge < -0.3 is 15.7 Å². The molecular weight excluding hydrogens is 254 g/mol. The smallest absolute Gasteiger partial charge is 0.315 e. The number of amides is 2. The number of hydrogen-bond acceptors (Lipinski definition) is 3. The normalized spacial score (nSPS) is 21.8. The minimum atomic E-state index is -0.172. The number of aliphatic hydroxyl groups excluding tert-OH is 1. The van der Waals surface area contributed by atoms with Gasteiger partial charge in [0.25, 0.3) is 0 Å². The molecule has 1 heterocycles. The van der Waals surface area contributed by atoms with Gasteiger partial charge in [0.15, 0.2) is 0 Å². The van der Waals surface area contributed by atoms with E-state index in [-0.39, 0.29) is 18.7 Å². The quantitative estimate of drug-likeness (QED) is 0.665. The van der Waals surface area contributed by atoms with Gasteiger partial charge in [0.2, 0.25) is 0 Å². The molecule has 1 aliphatic heterocycles. The molecule has 0 aromatic carbocycles. The van der Waals surface area contributed by atoms with Gasteiger partial charge in [-0.05, 0) is 38.6 Å². The van der Waals surface area contributed by atoms with Gasteiger partial charge in [-0.2, -0.15) is 0 Å². The van der Waals surface area contributed by atoms with Gasteiger partial charge in [-0.3, -0.25) is 4.90 Å². The third-order valence-electron chi connectivity index (χ3n) is 3.94. The molecule has 0 aromatic rings. The Morgan fingerprint density at radius 1 is 1.40 bits per heavy atom. The molecule has 1 rings (SSSR count). The number of rotatable bonds is 7. The van der Waals surface area contributed by atoms with Gasteiger partial charge in [-0.1, -0.05) is 20.3 Å². The number of carbonyl (C=O) groups excluding carboxylic acids is 1. The highest BCUT2D eigenvalue weighted by Crippen LogP contribution is 2.15. The Balaban J connectivity index is 2.18. The van der Waals surface area contributed by atoms with Crippen LogP contribution in [0.2, 0.25) is 0 Å². The lowest BCUT2D eigenvalue weighted by atomic mass is 10.0. The summed E-state index contributed by atoms with van der Waals surface area (Å²) in [5.41, 5.74) is 0. The summed E-state index contributed by atoms with van der Waals surface area (Å²) >= 11 is 0. The van der Waals surface area contributed by atoms with Crippen LogP contribution in [0.4, 0.5) is 4.79 Å². The summed E-state index contributed by atoms with van der Waals surface area (Å²) in [5.74, 6) is 0.460. The van der Waals surface area contributed by atoms with Gasteiger partial charge in [-0.15, -0.1) is 0 Å². The molecule has 0 aromatic heterocycles. The van der Waals surface area contributed by atoms with Crippen LogP contribution in [0.3, 0.4) is 0 Å². The first-order chi connectivity index (χ1) is 9.52. The van der Waals surface area contributed by atoms with Crippen LogP contribution in [-0.2, 0) is 0 Å². The summed E-state index contributed by atoms with van der Waals surface area (Å²) in [6, 6.07) is 0.304. The standard InChI is InChI=1S/C15H31N3O2/c1-12(2)10-14(11-19)17-15(20)16-7-9-18-8-5-4-6-13(18)3/h12-14,19H,4-11H2,1-3H3,(H2,16,17,20)/t13-,14+/m0/s1. The molecule has 1 aliphatic rings. The van der Waals surface area contributed by atoms with E-state index < -0.39 is 0 Å². The molecule has 20 heavy (non-hydrogen) atoms. The first-order valence-electron chi connectivity index (χ1n) is 7.92. The average molecular weight is 285 g/mol. The fraction of sp³-hybridized carbons (Fsp3) is 0.933. The molecule has 1 fully saturated rings. The molecule has 0 aliphatic carbocycles. The van der Waals surface area contributed by atoms with Crippen LogP contribution in [0, 0.1) is 5.92 Å². The maximum absolute atomic E-state index is 11.8. The molecule has 0 radical (unpaired) electrons. The number of hydrogen-bond donors (Lipinski definition) is 3. The van der Waals surface area contributed by atoms with Gasteiger partial charge in [-0.25, -0.2) is 4.79 Å². The number of piperidine rings is 1.